The molecule has 0 saturated heterocycles. The van der Waals surface area contributed by atoms with E-state index in [1.54, 1.807) is 54.6 Å². The lowest BCUT2D eigenvalue weighted by atomic mass is 10.2. The van der Waals surface area contributed by atoms with Crippen molar-refractivity contribution in [1.29, 1.82) is 0 Å². The van der Waals surface area contributed by atoms with Crippen molar-refractivity contribution < 1.29 is 13.9 Å². The molecule has 1 aromatic heterocycles. The highest BCUT2D eigenvalue weighted by Gasteiger charge is 2.18. The maximum atomic E-state index is 13.1. The van der Waals surface area contributed by atoms with Crippen LogP contribution in [0.5, 0.6) is 0 Å². The summed E-state index contributed by atoms with van der Waals surface area (Å²) < 4.78 is 20.2. The highest BCUT2D eigenvalue weighted by atomic mass is 35.5. The first kappa shape index (κ1) is 20.0. The number of carbonyl (C=O) groups excluding carboxylic acids is 1. The molecule has 7 heteroatoms. The zero-order valence-corrected chi connectivity index (χ0v) is 16.3. The Balaban J connectivity index is 1.77. The summed E-state index contributed by atoms with van der Waals surface area (Å²) in [4.78, 5) is 19.0. The van der Waals surface area contributed by atoms with Crippen LogP contribution < -0.4 is 0 Å². The SMILES string of the molecule is COCCN(Cc1nccn1Cc1ccc(F)cc1)C(=O)c1ccc(Cl)cc1. The van der Waals surface area contributed by atoms with Crippen LogP contribution in [-0.2, 0) is 17.8 Å². The van der Waals surface area contributed by atoms with Crippen LogP contribution in [-0.4, -0.2) is 40.6 Å². The minimum Gasteiger partial charge on any atom is -0.383 e. The topological polar surface area (TPSA) is 47.4 Å². The minimum atomic E-state index is -0.270. The van der Waals surface area contributed by atoms with Crippen molar-refractivity contribution >= 4 is 17.5 Å². The van der Waals surface area contributed by atoms with E-state index in [2.05, 4.69) is 4.98 Å². The second-order valence-electron chi connectivity index (χ2n) is 6.32. The molecule has 28 heavy (non-hydrogen) atoms. The lowest BCUT2D eigenvalue weighted by Crippen LogP contribution is -2.34. The second kappa shape index (κ2) is 9.48. The van der Waals surface area contributed by atoms with Crippen molar-refractivity contribution in [2.75, 3.05) is 20.3 Å². The number of nitrogens with zero attached hydrogens (tertiary/aromatic N) is 3. The number of benzene rings is 2. The fourth-order valence-corrected chi connectivity index (χ4v) is 2.95. The molecule has 0 unspecified atom stereocenters. The third kappa shape index (κ3) is 5.18. The molecule has 0 fully saturated rings. The predicted molar refractivity (Wildman–Crippen MR) is 106 cm³/mol. The molecule has 0 aliphatic rings. The van der Waals surface area contributed by atoms with Crippen LogP contribution in [0.2, 0.25) is 5.02 Å². The molecule has 0 saturated carbocycles. The summed E-state index contributed by atoms with van der Waals surface area (Å²) in [5.41, 5.74) is 1.50. The van der Waals surface area contributed by atoms with Gasteiger partial charge in [-0.25, -0.2) is 9.37 Å². The molecule has 0 atom stereocenters. The molecule has 5 nitrogen and oxygen atoms in total. The molecule has 1 heterocycles. The first-order valence-electron chi connectivity index (χ1n) is 8.85. The highest BCUT2D eigenvalue weighted by Crippen LogP contribution is 2.14. The lowest BCUT2D eigenvalue weighted by molar-refractivity contribution is 0.0673. The van der Waals surface area contributed by atoms with Crippen LogP contribution in [0.1, 0.15) is 21.7 Å². The lowest BCUT2D eigenvalue weighted by Gasteiger charge is -2.23. The van der Waals surface area contributed by atoms with Gasteiger partial charge in [0, 0.05) is 43.2 Å². The average molecular weight is 402 g/mol. The summed E-state index contributed by atoms with van der Waals surface area (Å²) in [5, 5.41) is 0.579. The van der Waals surface area contributed by atoms with Gasteiger partial charge in [0.25, 0.3) is 5.91 Å². The number of aromatic nitrogens is 2. The summed E-state index contributed by atoms with van der Waals surface area (Å²) in [6, 6.07) is 13.1. The Labute approximate surface area is 168 Å². The molecule has 1 amide bonds. The van der Waals surface area contributed by atoms with Crippen LogP contribution in [0.4, 0.5) is 4.39 Å². The minimum absolute atomic E-state index is 0.120. The van der Waals surface area contributed by atoms with E-state index in [1.807, 2.05) is 10.8 Å². The number of methoxy groups -OCH3 is 1. The highest BCUT2D eigenvalue weighted by molar-refractivity contribution is 6.30. The summed E-state index contributed by atoms with van der Waals surface area (Å²) in [6.07, 6.45) is 3.54. The van der Waals surface area contributed by atoms with Crippen molar-refractivity contribution in [3.63, 3.8) is 0 Å². The van der Waals surface area contributed by atoms with Gasteiger partial charge >= 0.3 is 0 Å². The molecule has 0 bridgehead atoms. The number of amides is 1. The molecule has 146 valence electrons. The quantitative estimate of drug-likeness (QED) is 0.573. The summed E-state index contributed by atoms with van der Waals surface area (Å²) in [7, 11) is 1.60. The average Bonchev–Trinajstić information content (AvgIpc) is 3.13. The zero-order chi connectivity index (χ0) is 19.9. The van der Waals surface area contributed by atoms with E-state index >= 15 is 0 Å². The molecule has 3 aromatic rings. The Kier molecular flexibility index (Phi) is 6.79. The molecule has 0 N–H and O–H groups in total. The molecule has 0 spiro atoms. The van der Waals surface area contributed by atoms with Crippen LogP contribution >= 0.6 is 11.6 Å². The smallest absolute Gasteiger partial charge is 0.254 e. The van der Waals surface area contributed by atoms with E-state index in [-0.39, 0.29) is 11.7 Å². The number of hydrogen-bond donors (Lipinski definition) is 0. The maximum absolute atomic E-state index is 13.1. The van der Waals surface area contributed by atoms with Crippen LogP contribution in [0.3, 0.4) is 0 Å². The molecule has 0 aliphatic heterocycles. The van der Waals surface area contributed by atoms with Crippen molar-refractivity contribution in [3.05, 3.63) is 88.7 Å². The first-order chi connectivity index (χ1) is 13.6. The Morgan fingerprint density at radius 3 is 2.57 bits per heavy atom. The Morgan fingerprint density at radius 1 is 1.18 bits per heavy atom. The van der Waals surface area contributed by atoms with Gasteiger partial charge in [-0.2, -0.15) is 0 Å². The number of ether oxygens (including phenoxy) is 1. The van der Waals surface area contributed by atoms with Crippen molar-refractivity contribution in [1.82, 2.24) is 14.5 Å². The van der Waals surface area contributed by atoms with Crippen LogP contribution in [0, 0.1) is 5.82 Å². The van der Waals surface area contributed by atoms with Gasteiger partial charge in [0.15, 0.2) is 0 Å². The Hall–Kier alpha value is -2.70. The number of halogens is 2. The number of hydrogen-bond acceptors (Lipinski definition) is 3. The zero-order valence-electron chi connectivity index (χ0n) is 15.5. The second-order valence-corrected chi connectivity index (χ2v) is 6.76. The number of rotatable bonds is 8. The van der Waals surface area contributed by atoms with Gasteiger partial charge in [0.1, 0.15) is 11.6 Å². The van der Waals surface area contributed by atoms with Crippen LogP contribution in [0.15, 0.2) is 60.9 Å². The van der Waals surface area contributed by atoms with Crippen molar-refractivity contribution in [2.45, 2.75) is 13.1 Å². The van der Waals surface area contributed by atoms with Gasteiger partial charge in [-0.15, -0.1) is 0 Å². The molecular weight excluding hydrogens is 381 g/mol. The van der Waals surface area contributed by atoms with Gasteiger partial charge in [0.05, 0.1) is 13.2 Å². The normalized spacial score (nSPS) is 10.8. The van der Waals surface area contributed by atoms with E-state index in [9.17, 15) is 9.18 Å². The van der Waals surface area contributed by atoms with E-state index in [0.717, 1.165) is 11.4 Å². The number of carbonyl (C=O) groups is 1. The van der Waals surface area contributed by atoms with Gasteiger partial charge < -0.3 is 14.2 Å². The van der Waals surface area contributed by atoms with E-state index in [4.69, 9.17) is 16.3 Å². The predicted octanol–water partition coefficient (Wildman–Crippen LogP) is 4.01. The van der Waals surface area contributed by atoms with Crippen LogP contribution in [0.25, 0.3) is 0 Å². The van der Waals surface area contributed by atoms with Crippen molar-refractivity contribution in [2.24, 2.45) is 0 Å². The summed E-state index contributed by atoms with van der Waals surface area (Å²) >= 11 is 5.92. The van der Waals surface area contributed by atoms with Gasteiger partial charge in [-0.05, 0) is 42.0 Å². The maximum Gasteiger partial charge on any atom is 0.254 e. The largest absolute Gasteiger partial charge is 0.383 e. The Morgan fingerprint density at radius 2 is 1.89 bits per heavy atom. The Bertz CT molecular complexity index is 910. The molecule has 0 radical (unpaired) electrons. The van der Waals surface area contributed by atoms with Gasteiger partial charge in [0.2, 0.25) is 0 Å². The van der Waals surface area contributed by atoms with Gasteiger partial charge in [-0.3, -0.25) is 4.79 Å². The summed E-state index contributed by atoms with van der Waals surface area (Å²) in [6.45, 7) is 1.72. The van der Waals surface area contributed by atoms with E-state index in [0.29, 0.717) is 36.8 Å². The third-order valence-electron chi connectivity index (χ3n) is 4.34. The standard InChI is InChI=1S/C21H21ClFN3O2/c1-28-13-12-26(21(27)17-4-6-18(22)7-5-17)15-20-24-10-11-25(20)14-16-2-8-19(23)9-3-16/h2-11H,12-15H2,1H3. The molecule has 0 aliphatic carbocycles. The summed E-state index contributed by atoms with van der Waals surface area (Å²) in [5.74, 6) is 0.349. The monoisotopic (exact) mass is 401 g/mol. The fraction of sp³-hybridized carbons (Fsp3) is 0.238. The molecule has 2 aromatic carbocycles. The fourth-order valence-electron chi connectivity index (χ4n) is 2.82. The van der Waals surface area contributed by atoms with E-state index < -0.39 is 0 Å². The number of imidazole rings is 1. The third-order valence-corrected chi connectivity index (χ3v) is 4.60. The molecule has 3 rings (SSSR count). The van der Waals surface area contributed by atoms with E-state index in [1.165, 1.54) is 12.1 Å². The van der Waals surface area contributed by atoms with Crippen molar-refractivity contribution in [3.8, 4) is 0 Å². The first-order valence-corrected chi connectivity index (χ1v) is 9.23. The van der Waals surface area contributed by atoms with Gasteiger partial charge in [-0.1, -0.05) is 23.7 Å². The molecular formula is C21H21ClFN3O2.